The van der Waals surface area contributed by atoms with Crippen LogP contribution in [-0.4, -0.2) is 23.7 Å². The molecule has 0 aliphatic carbocycles. The Morgan fingerprint density at radius 1 is 1.43 bits per heavy atom. The predicted molar refractivity (Wildman–Crippen MR) is 58.4 cm³/mol. The lowest BCUT2D eigenvalue weighted by Gasteiger charge is -2.16. The zero-order valence-electron chi connectivity index (χ0n) is 9.07. The fraction of sp³-hybridized carbons (Fsp3) is 0.545. The van der Waals surface area contributed by atoms with E-state index in [1.165, 1.54) is 0 Å². The third-order valence-corrected chi connectivity index (χ3v) is 2.41. The summed E-state index contributed by atoms with van der Waals surface area (Å²) in [6, 6.07) is 3.88. The lowest BCUT2D eigenvalue weighted by atomic mass is 10.2. The van der Waals surface area contributed by atoms with Crippen molar-refractivity contribution in [1.82, 2.24) is 4.98 Å². The fourth-order valence-electron chi connectivity index (χ4n) is 1.21. The fourth-order valence-corrected chi connectivity index (χ4v) is 1.21. The Hall–Kier alpha value is -1.09. The van der Waals surface area contributed by atoms with Gasteiger partial charge in [0.05, 0.1) is 23.7 Å². The van der Waals surface area contributed by atoms with E-state index in [1.54, 1.807) is 6.20 Å². The normalized spacial score (nSPS) is 12.6. The molecule has 1 rings (SSSR count). The van der Waals surface area contributed by atoms with Crippen molar-refractivity contribution < 1.29 is 5.11 Å². The van der Waals surface area contributed by atoms with Gasteiger partial charge < -0.3 is 10.0 Å². The summed E-state index contributed by atoms with van der Waals surface area (Å²) < 4.78 is 0. The second-order valence-electron chi connectivity index (χ2n) is 3.38. The van der Waals surface area contributed by atoms with E-state index in [1.807, 2.05) is 26.1 Å². The van der Waals surface area contributed by atoms with E-state index in [2.05, 4.69) is 16.8 Å². The summed E-state index contributed by atoms with van der Waals surface area (Å²) in [7, 11) is 2.02. The van der Waals surface area contributed by atoms with Crippen LogP contribution in [-0.2, 0) is 0 Å². The van der Waals surface area contributed by atoms with Crippen LogP contribution in [0.25, 0.3) is 0 Å². The van der Waals surface area contributed by atoms with Crippen molar-refractivity contribution in [3.63, 3.8) is 0 Å². The van der Waals surface area contributed by atoms with E-state index in [0.717, 1.165) is 17.9 Å². The lowest BCUT2D eigenvalue weighted by Crippen LogP contribution is -2.16. The lowest BCUT2D eigenvalue weighted by molar-refractivity contribution is 0.169. The summed E-state index contributed by atoms with van der Waals surface area (Å²) in [5.41, 5.74) is 1.83. The van der Waals surface area contributed by atoms with Crippen LogP contribution in [0.2, 0.25) is 0 Å². The minimum Gasteiger partial charge on any atom is -0.387 e. The van der Waals surface area contributed by atoms with Gasteiger partial charge in [-0.3, -0.25) is 4.98 Å². The Balaban J connectivity index is 2.78. The van der Waals surface area contributed by atoms with E-state index >= 15 is 0 Å². The molecule has 3 heteroatoms. The van der Waals surface area contributed by atoms with E-state index < -0.39 is 6.10 Å². The van der Waals surface area contributed by atoms with Gasteiger partial charge in [0.25, 0.3) is 0 Å². The molecule has 78 valence electrons. The number of aliphatic hydroxyl groups excluding tert-OH is 1. The third-order valence-electron chi connectivity index (χ3n) is 2.41. The molecule has 1 atom stereocenters. The summed E-state index contributed by atoms with van der Waals surface area (Å²) >= 11 is 0. The average Bonchev–Trinajstić information content (AvgIpc) is 2.27. The zero-order chi connectivity index (χ0) is 10.6. The Morgan fingerprint density at radius 2 is 2.14 bits per heavy atom. The topological polar surface area (TPSA) is 36.4 Å². The second kappa shape index (κ2) is 4.96. The molecule has 0 saturated heterocycles. The van der Waals surface area contributed by atoms with Crippen LogP contribution in [0.4, 0.5) is 5.69 Å². The van der Waals surface area contributed by atoms with Crippen molar-refractivity contribution in [2.24, 2.45) is 0 Å². The van der Waals surface area contributed by atoms with Gasteiger partial charge in [-0.15, -0.1) is 0 Å². The van der Waals surface area contributed by atoms with Gasteiger partial charge in [-0.1, -0.05) is 6.92 Å². The number of hydrogen-bond acceptors (Lipinski definition) is 3. The van der Waals surface area contributed by atoms with Crippen LogP contribution in [0.1, 0.15) is 32.1 Å². The Morgan fingerprint density at radius 3 is 2.57 bits per heavy atom. The maximum atomic E-state index is 9.54. The van der Waals surface area contributed by atoms with E-state index in [4.69, 9.17) is 0 Å². The van der Waals surface area contributed by atoms with Crippen molar-refractivity contribution >= 4 is 5.69 Å². The second-order valence-corrected chi connectivity index (χ2v) is 3.38. The van der Waals surface area contributed by atoms with Gasteiger partial charge in [0.15, 0.2) is 0 Å². The van der Waals surface area contributed by atoms with Crippen molar-refractivity contribution in [1.29, 1.82) is 0 Å². The third kappa shape index (κ3) is 2.45. The van der Waals surface area contributed by atoms with Gasteiger partial charge >= 0.3 is 0 Å². The molecule has 1 aromatic heterocycles. The molecule has 3 nitrogen and oxygen atoms in total. The van der Waals surface area contributed by atoms with Crippen LogP contribution < -0.4 is 4.90 Å². The highest BCUT2D eigenvalue weighted by molar-refractivity contribution is 5.43. The number of anilines is 1. The van der Waals surface area contributed by atoms with Crippen LogP contribution in [0.5, 0.6) is 0 Å². The van der Waals surface area contributed by atoms with E-state index in [0.29, 0.717) is 6.42 Å². The van der Waals surface area contributed by atoms with Gasteiger partial charge in [0.2, 0.25) is 0 Å². The van der Waals surface area contributed by atoms with Crippen LogP contribution in [0.15, 0.2) is 18.3 Å². The highest BCUT2D eigenvalue weighted by atomic mass is 16.3. The number of hydrogen-bond donors (Lipinski definition) is 1. The summed E-state index contributed by atoms with van der Waals surface area (Å²) in [5, 5.41) is 9.54. The smallest absolute Gasteiger partial charge is 0.0957 e. The number of nitrogens with zero attached hydrogens (tertiary/aromatic N) is 2. The van der Waals surface area contributed by atoms with Crippen LogP contribution in [0.3, 0.4) is 0 Å². The number of aromatic nitrogens is 1. The molecular formula is C11H18N2O. The molecule has 0 unspecified atom stereocenters. The SMILES string of the molecule is CC[C@@H](O)c1ccc(N(C)CC)cn1. The maximum absolute atomic E-state index is 9.54. The largest absolute Gasteiger partial charge is 0.387 e. The monoisotopic (exact) mass is 194 g/mol. The predicted octanol–water partition coefficient (Wildman–Crippen LogP) is 1.98. The molecule has 1 heterocycles. The standard InChI is InChI=1S/C11H18N2O/c1-4-11(14)10-7-6-9(8-12-10)13(3)5-2/h6-8,11,14H,4-5H2,1-3H3/t11-/m1/s1. The molecule has 0 bridgehead atoms. The minimum atomic E-state index is -0.434. The molecule has 1 aromatic rings. The summed E-state index contributed by atoms with van der Waals surface area (Å²) in [6.07, 6.45) is 2.07. The summed E-state index contributed by atoms with van der Waals surface area (Å²) in [5.74, 6) is 0. The van der Waals surface area contributed by atoms with Crippen molar-refractivity contribution in [2.75, 3.05) is 18.5 Å². The molecule has 0 aromatic carbocycles. The first-order valence-corrected chi connectivity index (χ1v) is 5.04. The van der Waals surface area contributed by atoms with E-state index in [9.17, 15) is 5.11 Å². The molecule has 1 N–H and O–H groups in total. The number of pyridine rings is 1. The van der Waals surface area contributed by atoms with Crippen molar-refractivity contribution in [3.8, 4) is 0 Å². The van der Waals surface area contributed by atoms with E-state index in [-0.39, 0.29) is 0 Å². The van der Waals surface area contributed by atoms with Crippen molar-refractivity contribution in [2.45, 2.75) is 26.4 Å². The Bertz CT molecular complexity index is 242. The molecule has 0 aliphatic rings. The molecule has 0 radical (unpaired) electrons. The van der Waals surface area contributed by atoms with Crippen LogP contribution >= 0.6 is 0 Å². The minimum absolute atomic E-state index is 0.434. The molecule has 14 heavy (non-hydrogen) atoms. The van der Waals surface area contributed by atoms with Crippen LogP contribution in [0, 0.1) is 0 Å². The highest BCUT2D eigenvalue weighted by Crippen LogP contribution is 2.17. The van der Waals surface area contributed by atoms with Gasteiger partial charge in [0.1, 0.15) is 0 Å². The number of rotatable bonds is 4. The Kier molecular flexibility index (Phi) is 3.89. The van der Waals surface area contributed by atoms with Gasteiger partial charge in [-0.25, -0.2) is 0 Å². The average molecular weight is 194 g/mol. The van der Waals surface area contributed by atoms with Crippen molar-refractivity contribution in [3.05, 3.63) is 24.0 Å². The molecule has 0 aliphatic heterocycles. The highest BCUT2D eigenvalue weighted by Gasteiger charge is 2.06. The molecule has 0 amide bonds. The summed E-state index contributed by atoms with van der Waals surface area (Å²) in [4.78, 5) is 6.33. The number of aliphatic hydroxyl groups is 1. The maximum Gasteiger partial charge on any atom is 0.0957 e. The molecule has 0 saturated carbocycles. The van der Waals surface area contributed by atoms with Gasteiger partial charge in [-0.05, 0) is 25.5 Å². The molecule has 0 fully saturated rings. The quantitative estimate of drug-likeness (QED) is 0.796. The first kappa shape index (κ1) is 11.0. The molecule has 0 spiro atoms. The molecular weight excluding hydrogens is 176 g/mol. The summed E-state index contributed by atoms with van der Waals surface area (Å²) in [6.45, 7) is 4.99. The zero-order valence-corrected chi connectivity index (χ0v) is 9.07. The Labute approximate surface area is 85.4 Å². The van der Waals surface area contributed by atoms with Gasteiger partial charge in [-0.2, -0.15) is 0 Å². The van der Waals surface area contributed by atoms with Gasteiger partial charge in [0, 0.05) is 13.6 Å². The first-order chi connectivity index (χ1) is 6.69. The first-order valence-electron chi connectivity index (χ1n) is 5.04.